The van der Waals surface area contributed by atoms with Crippen molar-refractivity contribution >= 4 is 22.6 Å². The Morgan fingerprint density at radius 2 is 1.96 bits per heavy atom. The van der Waals surface area contributed by atoms with Gasteiger partial charge in [0.25, 0.3) is 5.91 Å². The number of nitrogens with one attached hydrogen (secondary N) is 2. The summed E-state index contributed by atoms with van der Waals surface area (Å²) in [7, 11) is 1.59. The fraction of sp³-hybridized carbons (Fsp3) is 0.250. The van der Waals surface area contributed by atoms with E-state index in [1.54, 1.807) is 13.2 Å². The third kappa shape index (κ3) is 3.83. The third-order valence-corrected chi connectivity index (χ3v) is 3.96. The summed E-state index contributed by atoms with van der Waals surface area (Å²) in [5.74, 6) is 0.602. The number of anilines is 1. The highest BCUT2D eigenvalue weighted by atomic mass is 16.5. The molecule has 0 spiro atoms. The van der Waals surface area contributed by atoms with Gasteiger partial charge in [0.05, 0.1) is 7.11 Å². The summed E-state index contributed by atoms with van der Waals surface area (Å²) in [6.45, 7) is 3.78. The van der Waals surface area contributed by atoms with Crippen LogP contribution in [0.3, 0.4) is 0 Å². The Kier molecular flexibility index (Phi) is 5.36. The summed E-state index contributed by atoms with van der Waals surface area (Å²) in [4.78, 5) is 12.5. The fourth-order valence-corrected chi connectivity index (χ4v) is 2.70. The Hall–Kier alpha value is -2.79. The number of hydrogen-bond acceptors (Lipinski definition) is 4. The van der Waals surface area contributed by atoms with E-state index in [0.717, 1.165) is 29.6 Å². The van der Waals surface area contributed by atoms with Crippen molar-refractivity contribution in [2.75, 3.05) is 19.0 Å². The number of carbonyl (C=O) groups is 1. The van der Waals surface area contributed by atoms with Crippen molar-refractivity contribution in [3.63, 3.8) is 0 Å². The van der Waals surface area contributed by atoms with E-state index >= 15 is 0 Å². The number of benzene rings is 2. The van der Waals surface area contributed by atoms with Crippen molar-refractivity contribution in [2.24, 2.45) is 0 Å². The summed E-state index contributed by atoms with van der Waals surface area (Å²) < 4.78 is 11.2. The Balaban J connectivity index is 1.91. The summed E-state index contributed by atoms with van der Waals surface area (Å²) in [6, 6.07) is 15.0. The Morgan fingerprint density at radius 1 is 1.16 bits per heavy atom. The van der Waals surface area contributed by atoms with Crippen LogP contribution in [-0.2, 0) is 6.54 Å². The summed E-state index contributed by atoms with van der Waals surface area (Å²) in [6.07, 6.45) is 1.06. The molecule has 25 heavy (non-hydrogen) atoms. The van der Waals surface area contributed by atoms with Gasteiger partial charge in [0.15, 0.2) is 17.1 Å². The van der Waals surface area contributed by atoms with E-state index in [9.17, 15) is 4.79 Å². The van der Waals surface area contributed by atoms with Crippen molar-refractivity contribution in [1.82, 2.24) is 5.32 Å². The molecule has 130 valence electrons. The van der Waals surface area contributed by atoms with Crippen LogP contribution in [0.15, 0.2) is 52.9 Å². The topological polar surface area (TPSA) is 63.5 Å². The number of rotatable bonds is 7. The Labute approximate surface area is 147 Å². The van der Waals surface area contributed by atoms with E-state index in [4.69, 9.17) is 9.15 Å². The van der Waals surface area contributed by atoms with Crippen LogP contribution in [0.5, 0.6) is 5.75 Å². The maximum absolute atomic E-state index is 12.5. The van der Waals surface area contributed by atoms with Gasteiger partial charge in [-0.2, -0.15) is 0 Å². The molecule has 0 aliphatic carbocycles. The van der Waals surface area contributed by atoms with Gasteiger partial charge in [0.2, 0.25) is 0 Å². The molecule has 5 nitrogen and oxygen atoms in total. The molecule has 0 atom stereocenters. The van der Waals surface area contributed by atoms with Gasteiger partial charge in [0.1, 0.15) is 0 Å². The highest BCUT2D eigenvalue weighted by Crippen LogP contribution is 2.32. The van der Waals surface area contributed by atoms with Gasteiger partial charge >= 0.3 is 0 Å². The smallest absolute Gasteiger partial charge is 0.291 e. The van der Waals surface area contributed by atoms with Crippen LogP contribution in [0.4, 0.5) is 5.69 Å². The second-order valence-corrected chi connectivity index (χ2v) is 5.78. The average Bonchev–Trinajstić information content (AvgIpc) is 3.09. The van der Waals surface area contributed by atoms with Crippen LogP contribution in [0.25, 0.3) is 11.0 Å². The number of ether oxygens (including phenoxy) is 1. The van der Waals surface area contributed by atoms with Gasteiger partial charge in [-0.05, 0) is 42.8 Å². The summed E-state index contributed by atoms with van der Waals surface area (Å²) >= 11 is 0. The van der Waals surface area contributed by atoms with Gasteiger partial charge in [-0.1, -0.05) is 31.2 Å². The molecular formula is C20H22N2O3. The lowest BCUT2D eigenvalue weighted by Crippen LogP contribution is -2.13. The van der Waals surface area contributed by atoms with E-state index in [1.807, 2.05) is 42.5 Å². The third-order valence-electron chi connectivity index (χ3n) is 3.96. The molecule has 3 rings (SSSR count). The van der Waals surface area contributed by atoms with Crippen molar-refractivity contribution < 1.29 is 13.9 Å². The van der Waals surface area contributed by atoms with E-state index in [0.29, 0.717) is 17.9 Å². The normalized spacial score (nSPS) is 10.8. The molecule has 0 unspecified atom stereocenters. The molecule has 0 aliphatic rings. The predicted molar refractivity (Wildman–Crippen MR) is 99.2 cm³/mol. The van der Waals surface area contributed by atoms with Crippen molar-refractivity contribution in [2.45, 2.75) is 19.9 Å². The Morgan fingerprint density at radius 3 is 2.68 bits per heavy atom. The van der Waals surface area contributed by atoms with Crippen LogP contribution in [0.1, 0.15) is 29.5 Å². The van der Waals surface area contributed by atoms with Crippen molar-refractivity contribution in [3.8, 4) is 5.75 Å². The van der Waals surface area contributed by atoms with Gasteiger partial charge < -0.3 is 19.8 Å². The monoisotopic (exact) mass is 338 g/mol. The van der Waals surface area contributed by atoms with Gasteiger partial charge in [-0.3, -0.25) is 4.79 Å². The highest BCUT2D eigenvalue weighted by molar-refractivity contribution is 6.05. The maximum atomic E-state index is 12.5. The highest BCUT2D eigenvalue weighted by Gasteiger charge is 2.17. The lowest BCUT2D eigenvalue weighted by atomic mass is 10.1. The molecule has 0 saturated carbocycles. The number of fused-ring (bicyclic) bond motifs is 1. The standard InChI is InChI=1S/C20H22N2O3/c1-3-11-21-13-14-9-10-17(24-2)19-16(14)12-18(25-19)20(23)22-15-7-5-4-6-8-15/h4-10,12,21H,3,11,13H2,1-2H3,(H,22,23). The molecule has 2 aromatic carbocycles. The summed E-state index contributed by atoms with van der Waals surface area (Å²) in [5, 5.41) is 7.11. The van der Waals surface area contributed by atoms with E-state index < -0.39 is 0 Å². The van der Waals surface area contributed by atoms with Gasteiger partial charge in [0, 0.05) is 17.6 Å². The lowest BCUT2D eigenvalue weighted by Gasteiger charge is -2.06. The van der Waals surface area contributed by atoms with Crippen LogP contribution in [0, 0.1) is 0 Å². The summed E-state index contributed by atoms with van der Waals surface area (Å²) in [5.41, 5.74) is 2.40. The van der Waals surface area contributed by atoms with Gasteiger partial charge in [-0.25, -0.2) is 0 Å². The van der Waals surface area contributed by atoms with Crippen LogP contribution in [-0.4, -0.2) is 19.6 Å². The maximum Gasteiger partial charge on any atom is 0.291 e. The van der Waals surface area contributed by atoms with Crippen molar-refractivity contribution in [1.29, 1.82) is 0 Å². The molecule has 1 aromatic heterocycles. The minimum atomic E-state index is -0.281. The first kappa shape index (κ1) is 17.0. The zero-order valence-corrected chi connectivity index (χ0v) is 14.5. The molecule has 1 amide bonds. The first-order valence-electron chi connectivity index (χ1n) is 8.39. The Bertz CT molecular complexity index is 856. The van der Waals surface area contributed by atoms with E-state index in [1.165, 1.54) is 0 Å². The largest absolute Gasteiger partial charge is 0.493 e. The fourth-order valence-electron chi connectivity index (χ4n) is 2.70. The molecular weight excluding hydrogens is 316 g/mol. The zero-order valence-electron chi connectivity index (χ0n) is 14.5. The van der Waals surface area contributed by atoms with Crippen LogP contribution < -0.4 is 15.4 Å². The number of amides is 1. The van der Waals surface area contributed by atoms with E-state index in [2.05, 4.69) is 17.6 Å². The zero-order chi connectivity index (χ0) is 17.6. The number of hydrogen-bond donors (Lipinski definition) is 2. The predicted octanol–water partition coefficient (Wildman–Crippen LogP) is 4.19. The van der Waals surface area contributed by atoms with Crippen LogP contribution >= 0.6 is 0 Å². The van der Waals surface area contributed by atoms with Crippen LogP contribution in [0.2, 0.25) is 0 Å². The lowest BCUT2D eigenvalue weighted by molar-refractivity contribution is 0.0998. The molecule has 1 heterocycles. The molecule has 3 aromatic rings. The number of furan rings is 1. The molecule has 5 heteroatoms. The van der Waals surface area contributed by atoms with Crippen molar-refractivity contribution in [3.05, 3.63) is 59.9 Å². The average molecular weight is 338 g/mol. The SMILES string of the molecule is CCCNCc1ccc(OC)c2oc(C(=O)Nc3ccccc3)cc12. The first-order valence-corrected chi connectivity index (χ1v) is 8.39. The molecule has 0 fully saturated rings. The molecule has 0 saturated heterocycles. The second kappa shape index (κ2) is 7.85. The number of para-hydroxylation sites is 1. The molecule has 0 radical (unpaired) electrons. The number of carbonyl (C=O) groups excluding carboxylic acids is 1. The molecule has 0 bridgehead atoms. The quantitative estimate of drug-likeness (QED) is 0.634. The number of methoxy groups -OCH3 is 1. The first-order chi connectivity index (χ1) is 12.2. The molecule has 0 aliphatic heterocycles. The second-order valence-electron chi connectivity index (χ2n) is 5.78. The minimum Gasteiger partial charge on any atom is -0.493 e. The van der Waals surface area contributed by atoms with Gasteiger partial charge in [-0.15, -0.1) is 0 Å². The van der Waals surface area contributed by atoms with E-state index in [-0.39, 0.29) is 11.7 Å². The minimum absolute atomic E-state index is 0.264. The molecule has 2 N–H and O–H groups in total.